The molecular formula is C14H13N5O. The first-order chi connectivity index (χ1) is 9.60. The van der Waals surface area contributed by atoms with Gasteiger partial charge < -0.3 is 16.8 Å². The standard InChI is InChI=1S/C14H13N5O/c15-6-9-1-3-10(4-2-9)7-18-14-12(13(17)20)5-11(16)8-19-14/h1-5,8H,7,16H2,(H2,17,20)(H,18,19). The van der Waals surface area contributed by atoms with Crippen LogP contribution in [-0.4, -0.2) is 10.9 Å². The zero-order valence-corrected chi connectivity index (χ0v) is 10.6. The molecule has 20 heavy (non-hydrogen) atoms. The normalized spacial score (nSPS) is 9.75. The lowest BCUT2D eigenvalue weighted by molar-refractivity contribution is 0.100. The number of benzene rings is 1. The van der Waals surface area contributed by atoms with E-state index in [2.05, 4.69) is 16.4 Å². The summed E-state index contributed by atoms with van der Waals surface area (Å²) in [6.07, 6.45) is 1.45. The second-order valence-electron chi connectivity index (χ2n) is 4.19. The second kappa shape index (κ2) is 5.71. The monoisotopic (exact) mass is 267 g/mol. The fraction of sp³-hybridized carbons (Fsp3) is 0.0714. The summed E-state index contributed by atoms with van der Waals surface area (Å²) in [5.41, 5.74) is 13.0. The Morgan fingerprint density at radius 1 is 1.35 bits per heavy atom. The van der Waals surface area contributed by atoms with Crippen molar-refractivity contribution >= 4 is 17.4 Å². The molecular weight excluding hydrogens is 254 g/mol. The van der Waals surface area contributed by atoms with Gasteiger partial charge in [0.2, 0.25) is 0 Å². The Kier molecular flexibility index (Phi) is 3.82. The second-order valence-corrected chi connectivity index (χ2v) is 4.19. The zero-order chi connectivity index (χ0) is 14.5. The minimum Gasteiger partial charge on any atom is -0.397 e. The molecule has 0 aliphatic heterocycles. The summed E-state index contributed by atoms with van der Waals surface area (Å²) >= 11 is 0. The quantitative estimate of drug-likeness (QED) is 0.770. The number of primary amides is 1. The Morgan fingerprint density at radius 3 is 2.65 bits per heavy atom. The average molecular weight is 267 g/mol. The number of hydrogen-bond acceptors (Lipinski definition) is 5. The first-order valence-corrected chi connectivity index (χ1v) is 5.88. The number of nitrogen functional groups attached to an aromatic ring is 1. The van der Waals surface area contributed by atoms with Crippen LogP contribution < -0.4 is 16.8 Å². The van der Waals surface area contributed by atoms with Gasteiger partial charge in [-0.1, -0.05) is 12.1 Å². The van der Waals surface area contributed by atoms with Gasteiger partial charge in [0.25, 0.3) is 5.91 Å². The fourth-order valence-electron chi connectivity index (χ4n) is 1.69. The molecule has 0 radical (unpaired) electrons. The number of nitrogens with zero attached hydrogens (tertiary/aromatic N) is 2. The molecule has 1 heterocycles. The van der Waals surface area contributed by atoms with Crippen molar-refractivity contribution in [3.8, 4) is 6.07 Å². The first-order valence-electron chi connectivity index (χ1n) is 5.88. The Morgan fingerprint density at radius 2 is 2.05 bits per heavy atom. The van der Waals surface area contributed by atoms with E-state index < -0.39 is 5.91 Å². The molecule has 6 nitrogen and oxygen atoms in total. The Labute approximate surface area is 116 Å². The van der Waals surface area contributed by atoms with E-state index in [0.717, 1.165) is 5.56 Å². The lowest BCUT2D eigenvalue weighted by atomic mass is 10.1. The van der Waals surface area contributed by atoms with Crippen molar-refractivity contribution in [3.63, 3.8) is 0 Å². The van der Waals surface area contributed by atoms with Crippen molar-refractivity contribution in [2.45, 2.75) is 6.54 Å². The van der Waals surface area contributed by atoms with Gasteiger partial charge in [-0.2, -0.15) is 5.26 Å². The van der Waals surface area contributed by atoms with E-state index in [4.69, 9.17) is 16.7 Å². The molecule has 0 bridgehead atoms. The summed E-state index contributed by atoms with van der Waals surface area (Å²) < 4.78 is 0. The SMILES string of the molecule is N#Cc1ccc(CNc2ncc(N)cc2C(N)=O)cc1. The van der Waals surface area contributed by atoms with Gasteiger partial charge in [0.1, 0.15) is 5.82 Å². The molecule has 0 aliphatic rings. The van der Waals surface area contributed by atoms with Crippen molar-refractivity contribution in [2.24, 2.45) is 5.73 Å². The molecule has 0 saturated carbocycles. The van der Waals surface area contributed by atoms with Gasteiger partial charge >= 0.3 is 0 Å². The highest BCUT2D eigenvalue weighted by molar-refractivity contribution is 5.98. The van der Waals surface area contributed by atoms with Crippen LogP contribution in [-0.2, 0) is 6.54 Å². The van der Waals surface area contributed by atoms with E-state index in [-0.39, 0.29) is 5.56 Å². The molecule has 6 heteroatoms. The Bertz CT molecular complexity index is 673. The van der Waals surface area contributed by atoms with Crippen LogP contribution in [0.2, 0.25) is 0 Å². The van der Waals surface area contributed by atoms with Crippen LogP contribution in [0.1, 0.15) is 21.5 Å². The number of nitrogens with one attached hydrogen (secondary N) is 1. The lowest BCUT2D eigenvalue weighted by Crippen LogP contribution is -2.16. The molecule has 1 aromatic heterocycles. The molecule has 1 amide bonds. The van der Waals surface area contributed by atoms with Crippen molar-refractivity contribution < 1.29 is 4.79 Å². The van der Waals surface area contributed by atoms with Crippen molar-refractivity contribution in [2.75, 3.05) is 11.1 Å². The first kappa shape index (κ1) is 13.4. The van der Waals surface area contributed by atoms with Crippen LogP contribution in [0.25, 0.3) is 0 Å². The molecule has 0 saturated heterocycles. The summed E-state index contributed by atoms with van der Waals surface area (Å²) in [6, 6.07) is 10.6. The number of aromatic nitrogens is 1. The van der Waals surface area contributed by atoms with Gasteiger partial charge in [0.05, 0.1) is 29.1 Å². The number of amides is 1. The van der Waals surface area contributed by atoms with Crippen molar-refractivity contribution in [1.29, 1.82) is 5.26 Å². The van der Waals surface area contributed by atoms with Gasteiger partial charge in [0.15, 0.2) is 0 Å². The smallest absolute Gasteiger partial charge is 0.252 e. The average Bonchev–Trinajstić information content (AvgIpc) is 2.46. The van der Waals surface area contributed by atoms with Crippen LogP contribution in [0, 0.1) is 11.3 Å². The van der Waals surface area contributed by atoms with E-state index in [1.165, 1.54) is 12.3 Å². The van der Waals surface area contributed by atoms with Crippen LogP contribution in [0.15, 0.2) is 36.5 Å². The number of carbonyl (C=O) groups excluding carboxylic acids is 1. The molecule has 2 aromatic rings. The number of hydrogen-bond donors (Lipinski definition) is 3. The van der Waals surface area contributed by atoms with Gasteiger partial charge in [-0.15, -0.1) is 0 Å². The van der Waals surface area contributed by atoms with E-state index in [1.807, 2.05) is 12.1 Å². The minimum atomic E-state index is -0.591. The van der Waals surface area contributed by atoms with E-state index in [1.54, 1.807) is 12.1 Å². The summed E-state index contributed by atoms with van der Waals surface area (Å²) in [6.45, 7) is 0.461. The molecule has 0 aliphatic carbocycles. The van der Waals surface area contributed by atoms with Gasteiger partial charge in [0, 0.05) is 6.54 Å². The van der Waals surface area contributed by atoms with Crippen LogP contribution in [0.3, 0.4) is 0 Å². The maximum Gasteiger partial charge on any atom is 0.252 e. The number of nitriles is 1. The van der Waals surface area contributed by atoms with E-state index >= 15 is 0 Å². The molecule has 0 spiro atoms. The van der Waals surface area contributed by atoms with Gasteiger partial charge in [-0.05, 0) is 23.8 Å². The largest absolute Gasteiger partial charge is 0.397 e. The zero-order valence-electron chi connectivity index (χ0n) is 10.6. The lowest BCUT2D eigenvalue weighted by Gasteiger charge is -2.09. The predicted octanol–water partition coefficient (Wildman–Crippen LogP) is 1.25. The van der Waals surface area contributed by atoms with Gasteiger partial charge in [-0.25, -0.2) is 4.98 Å². The highest BCUT2D eigenvalue weighted by Gasteiger charge is 2.09. The van der Waals surface area contributed by atoms with E-state index in [9.17, 15) is 4.79 Å². The third-order valence-electron chi connectivity index (χ3n) is 2.72. The molecule has 2 rings (SSSR count). The van der Waals surface area contributed by atoms with Crippen molar-refractivity contribution in [3.05, 3.63) is 53.2 Å². The van der Waals surface area contributed by atoms with Gasteiger partial charge in [-0.3, -0.25) is 4.79 Å². The number of nitrogens with two attached hydrogens (primary N) is 2. The molecule has 0 atom stereocenters. The summed E-state index contributed by atoms with van der Waals surface area (Å²) in [5.74, 6) is -0.205. The Hall–Kier alpha value is -3.07. The molecule has 1 aromatic carbocycles. The maximum absolute atomic E-state index is 11.3. The third-order valence-corrected chi connectivity index (χ3v) is 2.72. The van der Waals surface area contributed by atoms with Crippen LogP contribution >= 0.6 is 0 Å². The molecule has 100 valence electrons. The Balaban J connectivity index is 2.14. The van der Waals surface area contributed by atoms with E-state index in [0.29, 0.717) is 23.6 Å². The highest BCUT2D eigenvalue weighted by Crippen LogP contribution is 2.16. The number of anilines is 2. The minimum absolute atomic E-state index is 0.249. The third kappa shape index (κ3) is 3.03. The van der Waals surface area contributed by atoms with Crippen LogP contribution in [0.4, 0.5) is 11.5 Å². The topological polar surface area (TPSA) is 118 Å². The summed E-state index contributed by atoms with van der Waals surface area (Å²) in [7, 11) is 0. The molecule has 0 fully saturated rings. The fourth-order valence-corrected chi connectivity index (χ4v) is 1.69. The summed E-state index contributed by atoms with van der Waals surface area (Å²) in [4.78, 5) is 15.4. The summed E-state index contributed by atoms with van der Waals surface area (Å²) in [5, 5.41) is 11.7. The number of pyridine rings is 1. The molecule has 0 unspecified atom stereocenters. The maximum atomic E-state index is 11.3. The highest BCUT2D eigenvalue weighted by atomic mass is 16.1. The molecule has 5 N–H and O–H groups in total. The van der Waals surface area contributed by atoms with Crippen LogP contribution in [0.5, 0.6) is 0 Å². The van der Waals surface area contributed by atoms with Crippen molar-refractivity contribution in [1.82, 2.24) is 4.98 Å². The number of carbonyl (C=O) groups is 1. The predicted molar refractivity (Wildman–Crippen MR) is 75.7 cm³/mol. The number of rotatable bonds is 4.